The molecule has 0 spiro atoms. The van der Waals surface area contributed by atoms with Crippen molar-refractivity contribution in [2.75, 3.05) is 18.1 Å². The number of amides is 1. The highest BCUT2D eigenvalue weighted by atomic mass is 16.6. The number of para-hydroxylation sites is 2. The highest BCUT2D eigenvalue weighted by Crippen LogP contribution is 2.42. The molecule has 32 heavy (non-hydrogen) atoms. The maximum atomic E-state index is 13.6. The Morgan fingerprint density at radius 1 is 1.19 bits per heavy atom. The van der Waals surface area contributed by atoms with Crippen molar-refractivity contribution in [1.82, 2.24) is 9.55 Å². The predicted molar refractivity (Wildman–Crippen MR) is 118 cm³/mol. The Morgan fingerprint density at radius 3 is 2.69 bits per heavy atom. The number of non-ortho nitro benzene ring substituents is 1. The molecule has 2 unspecified atom stereocenters. The maximum absolute atomic E-state index is 13.6. The molecule has 1 aliphatic heterocycles. The van der Waals surface area contributed by atoms with E-state index >= 15 is 0 Å². The second-order valence-electron chi connectivity index (χ2n) is 7.64. The van der Waals surface area contributed by atoms with Crippen molar-refractivity contribution < 1.29 is 19.2 Å². The fraction of sp³-hybridized carbons (Fsp3) is 0.348. The largest absolute Gasteiger partial charge is 0.465 e. The molecule has 0 aliphatic carbocycles. The quantitative estimate of drug-likeness (QED) is 0.241. The average molecular weight is 436 g/mol. The standard InChI is InChI=1S/C23H24N4O5/c1-3-5-13-25-21(28)19(22(29)32-4-2)20(15-9-8-10-16(14-15)27(30)31)26-18-12-7-6-11-17(18)24-23(25)26/h6-12,14,19-20H,3-5,13H2,1-2H3. The predicted octanol–water partition coefficient (Wildman–Crippen LogP) is 3.86. The summed E-state index contributed by atoms with van der Waals surface area (Å²) in [7, 11) is 0. The van der Waals surface area contributed by atoms with Crippen LogP contribution in [0.2, 0.25) is 0 Å². The van der Waals surface area contributed by atoms with Crippen LogP contribution in [0.25, 0.3) is 11.0 Å². The number of carbonyl (C=O) groups is 2. The molecule has 0 saturated heterocycles. The Balaban J connectivity index is 1.99. The highest BCUT2D eigenvalue weighted by molar-refractivity contribution is 6.08. The summed E-state index contributed by atoms with van der Waals surface area (Å²) >= 11 is 0. The Bertz CT molecular complexity index is 1190. The van der Waals surface area contributed by atoms with Gasteiger partial charge in [0.05, 0.1) is 28.6 Å². The van der Waals surface area contributed by atoms with Gasteiger partial charge in [0.2, 0.25) is 11.9 Å². The summed E-state index contributed by atoms with van der Waals surface area (Å²) < 4.78 is 7.12. The second-order valence-corrected chi connectivity index (χ2v) is 7.64. The minimum atomic E-state index is -1.18. The normalized spacial score (nSPS) is 17.9. The van der Waals surface area contributed by atoms with E-state index in [1.54, 1.807) is 24.0 Å². The average Bonchev–Trinajstić information content (AvgIpc) is 3.17. The maximum Gasteiger partial charge on any atom is 0.321 e. The van der Waals surface area contributed by atoms with Crippen LogP contribution in [0.15, 0.2) is 48.5 Å². The molecule has 0 N–H and O–H groups in total. The summed E-state index contributed by atoms with van der Waals surface area (Å²) in [5, 5.41) is 11.4. The SMILES string of the molecule is CCCCN1C(=O)C(C(=O)OCC)C(c2cccc([N+](=O)[O-])c2)n2c1nc1ccccc12. The first kappa shape index (κ1) is 21.5. The smallest absolute Gasteiger partial charge is 0.321 e. The number of carbonyl (C=O) groups excluding carboxylic acids is 2. The molecule has 4 rings (SSSR count). The molecule has 166 valence electrons. The van der Waals surface area contributed by atoms with Crippen LogP contribution in [0.5, 0.6) is 0 Å². The van der Waals surface area contributed by atoms with E-state index in [0.29, 0.717) is 23.6 Å². The number of aromatic nitrogens is 2. The van der Waals surface area contributed by atoms with Gasteiger partial charge in [-0.3, -0.25) is 24.6 Å². The number of rotatable bonds is 7. The summed E-state index contributed by atoms with van der Waals surface area (Å²) in [4.78, 5) is 43.8. The molecule has 2 heterocycles. The van der Waals surface area contributed by atoms with Crippen LogP contribution in [0.1, 0.15) is 38.3 Å². The molecule has 3 aromatic rings. The lowest BCUT2D eigenvalue weighted by molar-refractivity contribution is -0.384. The lowest BCUT2D eigenvalue weighted by Gasteiger charge is -2.37. The van der Waals surface area contributed by atoms with Crippen LogP contribution in [0.3, 0.4) is 0 Å². The summed E-state index contributed by atoms with van der Waals surface area (Å²) in [6, 6.07) is 12.6. The minimum Gasteiger partial charge on any atom is -0.465 e. The third kappa shape index (κ3) is 3.59. The van der Waals surface area contributed by atoms with Gasteiger partial charge >= 0.3 is 5.97 Å². The van der Waals surface area contributed by atoms with Gasteiger partial charge in [0.25, 0.3) is 5.69 Å². The lowest BCUT2D eigenvalue weighted by Crippen LogP contribution is -2.50. The summed E-state index contributed by atoms with van der Waals surface area (Å²) in [6.45, 7) is 4.24. The van der Waals surface area contributed by atoms with Gasteiger partial charge in [-0.25, -0.2) is 4.98 Å². The number of nitro benzene ring substituents is 1. The van der Waals surface area contributed by atoms with E-state index in [1.165, 1.54) is 12.1 Å². The fourth-order valence-corrected chi connectivity index (χ4v) is 4.20. The van der Waals surface area contributed by atoms with Crippen LogP contribution >= 0.6 is 0 Å². The van der Waals surface area contributed by atoms with Crippen LogP contribution in [0.4, 0.5) is 11.6 Å². The van der Waals surface area contributed by atoms with Crippen molar-refractivity contribution in [1.29, 1.82) is 0 Å². The molecule has 0 radical (unpaired) electrons. The number of hydrogen-bond donors (Lipinski definition) is 0. The zero-order valence-corrected chi connectivity index (χ0v) is 17.9. The number of unbranched alkanes of at least 4 members (excludes halogenated alkanes) is 1. The third-order valence-corrected chi connectivity index (χ3v) is 5.64. The van der Waals surface area contributed by atoms with E-state index < -0.39 is 28.8 Å². The molecule has 1 amide bonds. The third-order valence-electron chi connectivity index (χ3n) is 5.64. The molecule has 1 aromatic heterocycles. The molecular weight excluding hydrogens is 412 g/mol. The minimum absolute atomic E-state index is 0.114. The number of fused-ring (bicyclic) bond motifs is 3. The van der Waals surface area contributed by atoms with Crippen LogP contribution in [-0.2, 0) is 14.3 Å². The summed E-state index contributed by atoms with van der Waals surface area (Å²) in [6.07, 6.45) is 1.61. The molecule has 9 heteroatoms. The summed E-state index contributed by atoms with van der Waals surface area (Å²) in [5.41, 5.74) is 1.78. The molecule has 2 aromatic carbocycles. The molecule has 1 aliphatic rings. The number of benzene rings is 2. The van der Waals surface area contributed by atoms with Crippen molar-refractivity contribution in [2.45, 2.75) is 32.7 Å². The number of hydrogen-bond acceptors (Lipinski definition) is 6. The number of nitro groups is 1. The van der Waals surface area contributed by atoms with Crippen LogP contribution < -0.4 is 4.90 Å². The zero-order chi connectivity index (χ0) is 22.8. The number of esters is 1. The van der Waals surface area contributed by atoms with Gasteiger partial charge in [0.1, 0.15) is 0 Å². The molecule has 0 saturated carbocycles. The summed E-state index contributed by atoms with van der Waals surface area (Å²) in [5.74, 6) is -1.81. The van der Waals surface area contributed by atoms with E-state index in [-0.39, 0.29) is 12.3 Å². The van der Waals surface area contributed by atoms with Gasteiger partial charge < -0.3 is 9.30 Å². The van der Waals surface area contributed by atoms with Gasteiger partial charge in [-0.05, 0) is 31.0 Å². The zero-order valence-electron chi connectivity index (χ0n) is 17.9. The van der Waals surface area contributed by atoms with Gasteiger partial charge in [-0.15, -0.1) is 0 Å². The Hall–Kier alpha value is -3.75. The van der Waals surface area contributed by atoms with Gasteiger partial charge in [0.15, 0.2) is 5.92 Å². The molecule has 0 bridgehead atoms. The van der Waals surface area contributed by atoms with Crippen molar-refractivity contribution >= 4 is 34.5 Å². The second kappa shape index (κ2) is 8.78. The number of imidazole rings is 1. The van der Waals surface area contributed by atoms with Gasteiger partial charge in [-0.2, -0.15) is 0 Å². The van der Waals surface area contributed by atoms with Crippen LogP contribution in [-0.4, -0.2) is 39.5 Å². The molecular formula is C23H24N4O5. The van der Waals surface area contributed by atoms with Gasteiger partial charge in [-0.1, -0.05) is 37.6 Å². The molecule has 0 fully saturated rings. The van der Waals surface area contributed by atoms with Crippen LogP contribution in [0, 0.1) is 16.0 Å². The van der Waals surface area contributed by atoms with Gasteiger partial charge in [0, 0.05) is 18.7 Å². The Kier molecular flexibility index (Phi) is 5.89. The first-order chi connectivity index (χ1) is 15.5. The van der Waals surface area contributed by atoms with Crippen molar-refractivity contribution in [3.05, 3.63) is 64.2 Å². The lowest BCUT2D eigenvalue weighted by atomic mass is 9.89. The van der Waals surface area contributed by atoms with Crippen molar-refractivity contribution in [3.8, 4) is 0 Å². The number of anilines is 1. The first-order valence-electron chi connectivity index (χ1n) is 10.7. The van der Waals surface area contributed by atoms with E-state index in [1.807, 2.05) is 35.8 Å². The number of nitrogens with zero attached hydrogens (tertiary/aromatic N) is 4. The molecule has 9 nitrogen and oxygen atoms in total. The monoisotopic (exact) mass is 436 g/mol. The highest BCUT2D eigenvalue weighted by Gasteiger charge is 2.47. The Labute approximate surface area is 184 Å². The van der Waals surface area contributed by atoms with Crippen molar-refractivity contribution in [3.63, 3.8) is 0 Å². The van der Waals surface area contributed by atoms with E-state index in [4.69, 9.17) is 9.72 Å². The number of ether oxygens (including phenoxy) is 1. The van der Waals surface area contributed by atoms with E-state index in [9.17, 15) is 19.7 Å². The molecule has 2 atom stereocenters. The first-order valence-corrected chi connectivity index (χ1v) is 10.7. The van der Waals surface area contributed by atoms with E-state index in [0.717, 1.165) is 18.4 Å². The van der Waals surface area contributed by atoms with E-state index in [2.05, 4.69) is 0 Å². The Morgan fingerprint density at radius 2 is 1.97 bits per heavy atom. The van der Waals surface area contributed by atoms with Crippen molar-refractivity contribution in [2.24, 2.45) is 5.92 Å². The fourth-order valence-electron chi connectivity index (χ4n) is 4.20. The topological polar surface area (TPSA) is 108 Å².